The molecule has 10 aliphatic rings. The number of methoxy groups -OCH3 is 1. The van der Waals surface area contributed by atoms with Crippen molar-refractivity contribution in [2.24, 2.45) is 45.9 Å². The number of hydrogen-bond acceptors (Lipinski definition) is 50. The average Bonchev–Trinajstić information content (AvgIpc) is 0.988. The summed E-state index contributed by atoms with van der Waals surface area (Å²) < 4.78 is 104. The zero-order valence-corrected chi connectivity index (χ0v) is 59.8. The zero-order valence-electron chi connectivity index (χ0n) is 59.8. The van der Waals surface area contributed by atoms with Crippen molar-refractivity contribution in [1.29, 1.82) is 0 Å². The van der Waals surface area contributed by atoms with Gasteiger partial charge in [-0.15, -0.1) is 0 Å². The van der Waals surface area contributed by atoms with Gasteiger partial charge in [0.1, 0.15) is 171 Å². The lowest BCUT2D eigenvalue weighted by Gasteiger charge is -2.51. The van der Waals surface area contributed by atoms with E-state index in [2.05, 4.69) is 5.32 Å². The summed E-state index contributed by atoms with van der Waals surface area (Å²) in [5.41, 5.74) is 50.2. The summed E-state index contributed by atoms with van der Waals surface area (Å²) in [4.78, 5) is 33.3. The normalized spacial score (nSPS) is 49.7. The van der Waals surface area contributed by atoms with E-state index in [-0.39, 0.29) is 17.9 Å². The van der Waals surface area contributed by atoms with Crippen LogP contribution in [0.1, 0.15) is 12.8 Å². The van der Waals surface area contributed by atoms with E-state index < -0.39 is 353 Å². The van der Waals surface area contributed by atoms with Crippen molar-refractivity contribution < 1.29 is 207 Å². The minimum atomic E-state index is -2.04. The van der Waals surface area contributed by atoms with Gasteiger partial charge in [0.25, 0.3) is 11.8 Å². The molecule has 0 aromatic heterocycles. The second-order valence-electron chi connectivity index (χ2n) is 28.1. The molecule has 38 N–H and O–H groups in total. The summed E-state index contributed by atoms with van der Waals surface area (Å²) in [7, 11) is 0.957. The number of nitrogens with zero attached hydrogens (tertiary/aromatic N) is 1. The first-order chi connectivity index (χ1) is 53.1. The molecule has 0 saturated carbocycles. The second-order valence-corrected chi connectivity index (χ2v) is 28.1. The number of rotatable bonds is 26. The Labute approximate surface area is 634 Å². The number of alkyl carbamates (subject to hydrolysis) is 1. The van der Waals surface area contributed by atoms with E-state index in [1.54, 1.807) is 0 Å². The number of aliphatic hydroxyl groups excluding tert-OH is 20. The first kappa shape index (κ1) is 92.5. The Morgan fingerprint density at radius 1 is 0.321 bits per heavy atom. The summed E-state index contributed by atoms with van der Waals surface area (Å²) in [6.07, 6.45) is -62.3. The summed E-state index contributed by atoms with van der Waals surface area (Å²) in [6, 6.07) is -14.6. The van der Waals surface area contributed by atoms with E-state index in [1.165, 1.54) is 0 Å². The van der Waals surface area contributed by atoms with E-state index in [4.69, 9.17) is 136 Å². The van der Waals surface area contributed by atoms with Crippen LogP contribution in [-0.2, 0) is 94.9 Å². The Kier molecular flexibility index (Phi) is 33.5. The Morgan fingerprint density at radius 2 is 0.527 bits per heavy atom. The molecule has 0 unspecified atom stereocenters. The molecule has 10 aliphatic heterocycles. The number of imide groups is 1. The molecule has 52 heteroatoms. The van der Waals surface area contributed by atoms with Gasteiger partial charge in [-0.3, -0.25) is 14.8 Å². The largest absolute Gasteiger partial charge is 0.453 e. The Bertz CT molecular complexity index is 2910. The number of amides is 3. The lowest BCUT2D eigenvalue weighted by molar-refractivity contribution is -0.372. The fourth-order valence-electron chi connectivity index (χ4n) is 14.3. The van der Waals surface area contributed by atoms with Gasteiger partial charge in [-0.05, 0) is 0 Å². The molecule has 112 heavy (non-hydrogen) atoms. The fraction of sp³-hybridized carbons (Fsp3) is 0.950. The summed E-state index contributed by atoms with van der Waals surface area (Å²) in [5, 5.41) is 227. The smallest absolute Gasteiger partial charge is 0.407 e. The molecular weight excluding hydrogens is 1530 g/mol. The second kappa shape index (κ2) is 40.6. The number of hydroxylamine groups is 2. The number of hydrogen-bond donors (Lipinski definition) is 30. The third-order valence-corrected chi connectivity index (χ3v) is 20.9. The van der Waals surface area contributed by atoms with E-state index >= 15 is 0 Å². The fourth-order valence-corrected chi connectivity index (χ4v) is 14.3. The van der Waals surface area contributed by atoms with Crippen molar-refractivity contribution in [2.75, 3.05) is 66.6 Å². The maximum Gasteiger partial charge on any atom is 0.407 e. The topological polar surface area (TPSA) is 866 Å². The first-order valence-corrected chi connectivity index (χ1v) is 35.7. The minimum absolute atomic E-state index is 0.148. The quantitative estimate of drug-likeness (QED) is 0.0282. The van der Waals surface area contributed by atoms with Crippen molar-refractivity contribution >= 4 is 17.9 Å². The summed E-state index contributed by atoms with van der Waals surface area (Å²) >= 11 is 0. The van der Waals surface area contributed by atoms with Crippen LogP contribution in [0.15, 0.2) is 0 Å². The van der Waals surface area contributed by atoms with Crippen LogP contribution >= 0.6 is 0 Å². The van der Waals surface area contributed by atoms with Gasteiger partial charge in [0, 0.05) is 12.8 Å². The van der Waals surface area contributed by atoms with E-state index in [1.807, 2.05) is 0 Å². The van der Waals surface area contributed by atoms with Gasteiger partial charge >= 0.3 is 6.09 Å². The van der Waals surface area contributed by atoms with Crippen LogP contribution in [0.4, 0.5) is 4.79 Å². The molecular formula is C60H108N10O42. The number of nitrogens with one attached hydrogen (secondary N) is 1. The highest BCUT2D eigenvalue weighted by molar-refractivity contribution is 6.00. The molecule has 10 rings (SSSR count). The molecule has 0 spiro atoms. The molecule has 650 valence electrons. The molecule has 52 nitrogen and oxygen atoms in total. The van der Waals surface area contributed by atoms with Gasteiger partial charge in [-0.1, -0.05) is 0 Å². The lowest BCUT2D eigenvalue weighted by Crippen LogP contribution is -2.71. The van der Waals surface area contributed by atoms with Gasteiger partial charge in [0.2, 0.25) is 0 Å². The Hall–Kier alpha value is -3.43. The average molecular weight is 1640 g/mol. The van der Waals surface area contributed by atoms with Gasteiger partial charge in [-0.2, -0.15) is 5.06 Å². The van der Waals surface area contributed by atoms with Crippen molar-refractivity contribution in [2.45, 2.75) is 289 Å². The van der Waals surface area contributed by atoms with Crippen molar-refractivity contribution in [3.63, 3.8) is 0 Å². The van der Waals surface area contributed by atoms with Crippen molar-refractivity contribution in [1.82, 2.24) is 10.4 Å². The molecule has 10 heterocycles. The van der Waals surface area contributed by atoms with Crippen LogP contribution in [-0.4, -0.2) is 473 Å². The third kappa shape index (κ3) is 19.7. The summed E-state index contributed by atoms with van der Waals surface area (Å²) in [6.45, 7) is -8.24. The third-order valence-electron chi connectivity index (χ3n) is 20.9. The molecule has 0 aliphatic carbocycles. The van der Waals surface area contributed by atoms with Crippen LogP contribution < -0.4 is 51.2 Å². The maximum absolute atomic E-state index is 12.8. The van der Waals surface area contributed by atoms with Crippen molar-refractivity contribution in [3.8, 4) is 0 Å². The van der Waals surface area contributed by atoms with Crippen molar-refractivity contribution in [3.05, 3.63) is 0 Å². The van der Waals surface area contributed by atoms with E-state index in [0.29, 0.717) is 0 Å². The Balaban J connectivity index is 0.00000169. The van der Waals surface area contributed by atoms with E-state index in [9.17, 15) is 117 Å². The standard InChI is InChI=1S/C56H103N9O39.C4H5NO3/c1-87-56(86)65-28-38(84)46(19(10-74)96-55(28)104-45-18(9-73)95-49(27(64)37(45)83)97-39-12(3-67)88-47(85)20(57)31(39)77)103-54-26(63)36(82)44(17(8-72)94-54)102-53-25(62)35(81)43(16(7-71)93-53)101-52-24(61)34(80)42(15(6-70)92-52)100-51-23(60)33(79)41(14(5-69)91-51)99-50-22(59)32(78)40(13(4-68)90-50)98-48-21(58)30(76)29(75)11(2-66)89-48;6-3-1-2-4(7)5(3)8/h11-55,66-85H,2-10,57-64H2,1H3,(H,65,86);8H,1-2H2/t11-,12-,13-,14-,15-,16-,17-,18-,19-,20-,21-,22-,23-,24-,25-,26-,27-,28-,29-,30-,31-,32-,33-,34-,35-,36-,37-,38-,39-,40-,41-,42-,43-,44-,45-,46-,47-,48+,49+,50+,51+,52+,53+,54+,55+;/m1./s1. The van der Waals surface area contributed by atoms with Crippen LogP contribution in [0.25, 0.3) is 0 Å². The van der Waals surface area contributed by atoms with Gasteiger partial charge in [0.15, 0.2) is 56.6 Å². The van der Waals surface area contributed by atoms with E-state index in [0.717, 1.165) is 7.11 Å². The maximum atomic E-state index is 12.8. The molecule has 10 saturated heterocycles. The zero-order chi connectivity index (χ0) is 82.5. The summed E-state index contributed by atoms with van der Waals surface area (Å²) in [5.74, 6) is -1.01. The SMILES string of the molecule is COC(=O)N[C@H]1[C@H](O[C@H]2[C@H](O)[C@@H](N)[C@H](O[C@H]3[C@H](O)[C@@H](N)[C@H](O)O[C@@H]3CO)O[C@@H]2CO)O[C@H](CO)[C@@H](O[C@@H]2O[C@H](CO)[C@@H](O[C@@H]3O[C@H](CO)[C@@H](O[C@@H]4O[C@H](CO)[C@@H](O[C@@H]5O[C@H](CO)[C@@H](O[C@@H]6O[C@H](CO)[C@@H](O[C@@H]7O[C@H](CO)[C@@H](O)[C@H](O)[C@H]7N)[C@H](O)[C@H]6N)[C@H](O)[C@H]5N)[C@H](O)[C@H]4N)[C@H](O)[C@H]3N)[C@H](O)[C@H]2N)[C@@H]1O.O=C1CCC(=O)N1O. The predicted octanol–water partition coefficient (Wildman–Crippen LogP) is -21.0. The molecule has 45 atom stereocenters. The highest BCUT2D eigenvalue weighted by Gasteiger charge is 2.60. The highest BCUT2D eigenvalue weighted by atomic mass is 16.8. The number of nitrogens with two attached hydrogens (primary N) is 8. The molecule has 0 radical (unpaired) electrons. The molecule has 3 amide bonds. The van der Waals surface area contributed by atoms with Crippen LogP contribution in [0.3, 0.4) is 0 Å². The molecule has 0 aromatic carbocycles. The van der Waals surface area contributed by atoms with Crippen LogP contribution in [0.2, 0.25) is 0 Å². The number of carbonyl (C=O) groups excluding carboxylic acids is 3. The number of ether oxygens (including phenoxy) is 18. The molecule has 10 fully saturated rings. The highest BCUT2D eigenvalue weighted by Crippen LogP contribution is 2.39. The monoisotopic (exact) mass is 1640 g/mol. The first-order valence-electron chi connectivity index (χ1n) is 35.7. The molecule has 0 aromatic rings. The predicted molar refractivity (Wildman–Crippen MR) is 349 cm³/mol. The van der Waals surface area contributed by atoms with Gasteiger partial charge < -0.3 is 239 Å². The van der Waals surface area contributed by atoms with Crippen LogP contribution in [0.5, 0.6) is 0 Å². The minimum Gasteiger partial charge on any atom is -0.453 e. The van der Waals surface area contributed by atoms with Gasteiger partial charge in [-0.25, -0.2) is 4.79 Å². The van der Waals surface area contributed by atoms with Gasteiger partial charge in [0.05, 0.1) is 115 Å². The lowest BCUT2D eigenvalue weighted by atomic mass is 9.93. The number of aliphatic hydroxyl groups is 20. The Morgan fingerprint density at radius 3 is 0.759 bits per heavy atom. The van der Waals surface area contributed by atoms with Crippen LogP contribution in [0, 0.1) is 0 Å². The molecule has 0 bridgehead atoms. The number of carbonyl (C=O) groups is 3.